The molecule has 0 bridgehead atoms. The van der Waals surface area contributed by atoms with Crippen molar-refractivity contribution in [1.29, 1.82) is 0 Å². The second kappa shape index (κ2) is 8.22. The summed E-state index contributed by atoms with van der Waals surface area (Å²) in [4.78, 5) is 36.3. The first-order chi connectivity index (χ1) is 13.0. The third-order valence-electron chi connectivity index (χ3n) is 4.68. The Morgan fingerprint density at radius 3 is 2.22 bits per heavy atom. The van der Waals surface area contributed by atoms with Crippen LogP contribution in [0.4, 0.5) is 0 Å². The Hall–Kier alpha value is -2.86. The molecule has 2 amide bonds. The van der Waals surface area contributed by atoms with Crippen LogP contribution in [0.15, 0.2) is 54.6 Å². The van der Waals surface area contributed by atoms with Crippen molar-refractivity contribution in [2.45, 2.75) is 24.7 Å². The predicted octanol–water partition coefficient (Wildman–Crippen LogP) is 2.77. The average Bonchev–Trinajstić information content (AvgIpc) is 2.65. The van der Waals surface area contributed by atoms with E-state index < -0.39 is 29.8 Å². The Morgan fingerprint density at radius 1 is 0.963 bits per heavy atom. The minimum absolute atomic E-state index is 0.408. The number of carbonyl (C=O) groups excluding carboxylic acids is 3. The van der Waals surface area contributed by atoms with E-state index in [9.17, 15) is 14.4 Å². The Bertz CT molecular complexity index is 833. The average molecular weight is 387 g/mol. The molecule has 1 aliphatic carbocycles. The molecule has 0 aromatic heterocycles. The van der Waals surface area contributed by atoms with Crippen LogP contribution < -0.4 is 10.9 Å². The van der Waals surface area contributed by atoms with E-state index in [1.54, 1.807) is 42.5 Å². The molecular weight excluding hydrogens is 368 g/mol. The van der Waals surface area contributed by atoms with Crippen LogP contribution in [0.3, 0.4) is 0 Å². The molecule has 140 valence electrons. The molecule has 2 aromatic rings. The smallest absolute Gasteiger partial charge is 0.317 e. The van der Waals surface area contributed by atoms with E-state index in [0.29, 0.717) is 23.4 Å². The number of amides is 2. The Labute approximate surface area is 161 Å². The van der Waals surface area contributed by atoms with E-state index in [1.165, 1.54) is 0 Å². The van der Waals surface area contributed by atoms with E-state index in [-0.39, 0.29) is 0 Å². The van der Waals surface area contributed by atoms with Crippen LogP contribution in [0.5, 0.6) is 0 Å². The van der Waals surface area contributed by atoms with Crippen molar-refractivity contribution in [3.63, 3.8) is 0 Å². The maximum atomic E-state index is 12.6. The Morgan fingerprint density at radius 2 is 1.63 bits per heavy atom. The molecule has 0 spiro atoms. The van der Waals surface area contributed by atoms with E-state index in [1.807, 2.05) is 12.1 Å². The minimum Gasteiger partial charge on any atom is -0.455 e. The molecule has 7 heteroatoms. The SMILES string of the molecule is O=C(COC(=O)C1(c2ccc(Cl)cc2)CCC1)NNC(=O)c1ccccc1. The van der Waals surface area contributed by atoms with Gasteiger partial charge < -0.3 is 4.74 Å². The number of benzene rings is 2. The summed E-state index contributed by atoms with van der Waals surface area (Å²) in [6, 6.07) is 15.5. The normalized spacial score (nSPS) is 14.6. The van der Waals surface area contributed by atoms with Gasteiger partial charge in [-0.05, 0) is 42.7 Å². The number of rotatable bonds is 5. The summed E-state index contributed by atoms with van der Waals surface area (Å²) in [5, 5.41) is 0.593. The quantitative estimate of drug-likeness (QED) is 0.611. The largest absolute Gasteiger partial charge is 0.455 e. The van der Waals surface area contributed by atoms with Crippen LogP contribution in [0.1, 0.15) is 35.2 Å². The van der Waals surface area contributed by atoms with Crippen molar-refractivity contribution in [3.8, 4) is 0 Å². The topological polar surface area (TPSA) is 84.5 Å². The highest BCUT2D eigenvalue weighted by molar-refractivity contribution is 6.30. The second-order valence-electron chi connectivity index (χ2n) is 6.39. The van der Waals surface area contributed by atoms with E-state index in [4.69, 9.17) is 16.3 Å². The van der Waals surface area contributed by atoms with Crippen LogP contribution in [0.2, 0.25) is 5.02 Å². The second-order valence-corrected chi connectivity index (χ2v) is 6.82. The van der Waals surface area contributed by atoms with Gasteiger partial charge in [-0.1, -0.05) is 48.4 Å². The van der Waals surface area contributed by atoms with Gasteiger partial charge in [-0.3, -0.25) is 25.2 Å². The molecule has 0 aliphatic heterocycles. The molecule has 0 heterocycles. The fourth-order valence-corrected chi connectivity index (χ4v) is 3.13. The van der Waals surface area contributed by atoms with Crippen molar-refractivity contribution in [3.05, 3.63) is 70.7 Å². The van der Waals surface area contributed by atoms with Crippen molar-refractivity contribution >= 4 is 29.4 Å². The number of esters is 1. The number of carbonyl (C=O) groups is 3. The van der Waals surface area contributed by atoms with Crippen molar-refractivity contribution in [2.24, 2.45) is 0 Å². The van der Waals surface area contributed by atoms with Gasteiger partial charge in [-0.15, -0.1) is 0 Å². The van der Waals surface area contributed by atoms with Crippen molar-refractivity contribution < 1.29 is 19.1 Å². The van der Waals surface area contributed by atoms with Crippen LogP contribution in [0.25, 0.3) is 0 Å². The molecule has 0 unspecified atom stereocenters. The summed E-state index contributed by atoms with van der Waals surface area (Å²) in [5.41, 5.74) is 5.04. The van der Waals surface area contributed by atoms with Crippen LogP contribution in [0, 0.1) is 0 Å². The number of ether oxygens (including phenoxy) is 1. The maximum absolute atomic E-state index is 12.6. The minimum atomic E-state index is -0.724. The third kappa shape index (κ3) is 4.28. The first kappa shape index (κ1) is 18.9. The highest BCUT2D eigenvalue weighted by atomic mass is 35.5. The van der Waals surface area contributed by atoms with Crippen LogP contribution >= 0.6 is 11.6 Å². The first-order valence-electron chi connectivity index (χ1n) is 8.59. The molecular formula is C20H19ClN2O4. The Kier molecular flexibility index (Phi) is 5.76. The molecule has 0 atom stereocenters. The summed E-state index contributed by atoms with van der Waals surface area (Å²) in [5.74, 6) is -1.51. The Balaban J connectivity index is 1.51. The molecule has 1 saturated carbocycles. The summed E-state index contributed by atoms with van der Waals surface area (Å²) >= 11 is 5.91. The molecule has 1 fully saturated rings. The highest BCUT2D eigenvalue weighted by Gasteiger charge is 2.47. The summed E-state index contributed by atoms with van der Waals surface area (Å²) in [6.07, 6.45) is 2.25. The lowest BCUT2D eigenvalue weighted by Gasteiger charge is -2.39. The van der Waals surface area contributed by atoms with Gasteiger partial charge >= 0.3 is 5.97 Å². The van der Waals surface area contributed by atoms with E-state index in [2.05, 4.69) is 10.9 Å². The fraction of sp³-hybridized carbons (Fsp3) is 0.250. The molecule has 0 saturated heterocycles. The van der Waals surface area contributed by atoms with E-state index in [0.717, 1.165) is 12.0 Å². The zero-order valence-electron chi connectivity index (χ0n) is 14.5. The van der Waals surface area contributed by atoms with Gasteiger partial charge in [0.2, 0.25) is 0 Å². The van der Waals surface area contributed by atoms with Gasteiger partial charge in [0.15, 0.2) is 6.61 Å². The summed E-state index contributed by atoms with van der Waals surface area (Å²) < 4.78 is 5.20. The fourth-order valence-electron chi connectivity index (χ4n) is 3.00. The lowest BCUT2D eigenvalue weighted by Crippen LogP contribution is -2.47. The number of hydrogen-bond donors (Lipinski definition) is 2. The molecule has 2 N–H and O–H groups in total. The molecule has 1 aliphatic rings. The standard InChI is InChI=1S/C20H19ClN2O4/c21-16-9-7-15(8-10-16)20(11-4-12-20)19(26)27-13-17(24)22-23-18(25)14-5-2-1-3-6-14/h1-3,5-10H,4,11-13H2,(H,22,24)(H,23,25). The van der Waals surface area contributed by atoms with Gasteiger partial charge in [0.05, 0.1) is 5.41 Å². The number of nitrogens with one attached hydrogen (secondary N) is 2. The van der Waals surface area contributed by atoms with Crippen LogP contribution in [-0.2, 0) is 19.7 Å². The van der Waals surface area contributed by atoms with Gasteiger partial charge in [-0.2, -0.15) is 0 Å². The van der Waals surface area contributed by atoms with Gasteiger partial charge in [0.25, 0.3) is 11.8 Å². The van der Waals surface area contributed by atoms with Gasteiger partial charge in [0.1, 0.15) is 0 Å². The van der Waals surface area contributed by atoms with Crippen LogP contribution in [-0.4, -0.2) is 24.4 Å². The molecule has 6 nitrogen and oxygen atoms in total. The summed E-state index contributed by atoms with van der Waals surface area (Å²) in [6.45, 7) is -0.469. The highest BCUT2D eigenvalue weighted by Crippen LogP contribution is 2.45. The van der Waals surface area contributed by atoms with Gasteiger partial charge in [-0.25, -0.2) is 0 Å². The van der Waals surface area contributed by atoms with Crippen molar-refractivity contribution in [2.75, 3.05) is 6.61 Å². The number of hydrazine groups is 1. The van der Waals surface area contributed by atoms with Crippen molar-refractivity contribution in [1.82, 2.24) is 10.9 Å². The molecule has 3 rings (SSSR count). The zero-order valence-corrected chi connectivity index (χ0v) is 15.3. The van der Waals surface area contributed by atoms with Gasteiger partial charge in [0, 0.05) is 10.6 Å². The molecule has 0 radical (unpaired) electrons. The third-order valence-corrected chi connectivity index (χ3v) is 4.93. The first-order valence-corrected chi connectivity index (χ1v) is 8.96. The zero-order chi connectivity index (χ0) is 19.3. The lowest BCUT2D eigenvalue weighted by molar-refractivity contribution is -0.157. The van der Waals surface area contributed by atoms with E-state index >= 15 is 0 Å². The molecule has 2 aromatic carbocycles. The predicted molar refractivity (Wildman–Crippen MR) is 100.0 cm³/mol. The number of halogens is 1. The lowest BCUT2D eigenvalue weighted by atomic mass is 9.64. The summed E-state index contributed by atoms with van der Waals surface area (Å²) in [7, 11) is 0. The molecule has 27 heavy (non-hydrogen) atoms. The number of hydrogen-bond acceptors (Lipinski definition) is 4. The monoisotopic (exact) mass is 386 g/mol. The maximum Gasteiger partial charge on any atom is 0.317 e.